The van der Waals surface area contributed by atoms with Gasteiger partial charge in [-0.25, -0.2) is 5.41 Å². The van der Waals surface area contributed by atoms with E-state index in [9.17, 15) is 0 Å². The van der Waals surface area contributed by atoms with Crippen LogP contribution in [0.5, 0.6) is 0 Å². The Kier molecular flexibility index (Phi) is 2.28. The van der Waals surface area contributed by atoms with Crippen LogP contribution in [-0.4, -0.2) is 24.1 Å². The Balaban J connectivity index is 2.31. The van der Waals surface area contributed by atoms with Gasteiger partial charge >= 0.3 is 0 Å². The smallest absolute Gasteiger partial charge is 0.111 e. The third-order valence-corrected chi connectivity index (χ3v) is 1.52. The molecule has 0 unspecified atom stereocenters. The van der Waals surface area contributed by atoms with Crippen LogP contribution in [0.15, 0.2) is 5.10 Å². The fraction of sp³-hybridized carbons (Fsp3) is 0.833. The van der Waals surface area contributed by atoms with Crippen molar-refractivity contribution in [2.75, 3.05) is 13.1 Å². The van der Waals surface area contributed by atoms with E-state index < -0.39 is 0 Å². The number of nitrogens with one attached hydrogen (secondary N) is 1. The predicted octanol–water partition coefficient (Wildman–Crippen LogP) is 1.14. The molecule has 0 aromatic carbocycles. The van der Waals surface area contributed by atoms with Crippen LogP contribution in [0.1, 0.15) is 19.3 Å². The fourth-order valence-corrected chi connectivity index (χ4v) is 1.05. The van der Waals surface area contributed by atoms with E-state index in [1.54, 1.807) is 0 Å². The molecule has 0 aliphatic carbocycles. The maximum absolute atomic E-state index is 6.58. The topological polar surface area (TPSA) is 39.5 Å². The zero-order valence-electron chi connectivity index (χ0n) is 5.43. The van der Waals surface area contributed by atoms with Gasteiger partial charge in [0.25, 0.3) is 0 Å². The zero-order valence-corrected chi connectivity index (χ0v) is 5.43. The van der Waals surface area contributed by atoms with Crippen molar-refractivity contribution in [2.45, 2.75) is 19.3 Å². The third-order valence-electron chi connectivity index (χ3n) is 1.52. The van der Waals surface area contributed by atoms with Gasteiger partial charge in [0.15, 0.2) is 0 Å². The molecule has 0 saturated carbocycles. The van der Waals surface area contributed by atoms with E-state index in [0.717, 1.165) is 13.1 Å². The molecule has 0 bridgehead atoms. The highest BCUT2D eigenvalue weighted by Crippen LogP contribution is 2.07. The van der Waals surface area contributed by atoms with Crippen molar-refractivity contribution in [3.05, 3.63) is 0 Å². The highest BCUT2D eigenvalue weighted by atomic mass is 15.4. The Morgan fingerprint density at radius 1 is 1.22 bits per heavy atom. The van der Waals surface area contributed by atoms with Crippen molar-refractivity contribution < 1.29 is 0 Å². The molecule has 9 heavy (non-hydrogen) atoms. The average molecular weight is 125 g/mol. The van der Waals surface area contributed by atoms with Crippen LogP contribution in [0, 0.1) is 5.41 Å². The van der Waals surface area contributed by atoms with Gasteiger partial charge in [0, 0.05) is 13.1 Å². The minimum Gasteiger partial charge on any atom is -0.288 e. The zero-order chi connectivity index (χ0) is 6.53. The normalized spacial score (nSPS) is 18.9. The van der Waals surface area contributed by atoms with Crippen LogP contribution in [0.3, 0.4) is 0 Å². The average Bonchev–Trinajstić information content (AvgIpc) is 1.91. The van der Waals surface area contributed by atoms with Crippen molar-refractivity contribution in [3.8, 4) is 0 Å². The molecule has 0 amide bonds. The second-order valence-corrected chi connectivity index (χ2v) is 2.23. The Labute approximate surface area is 54.9 Å². The fourth-order valence-electron chi connectivity index (χ4n) is 1.05. The van der Waals surface area contributed by atoms with Crippen LogP contribution >= 0.6 is 0 Å². The van der Waals surface area contributed by atoms with Gasteiger partial charge in [-0.15, -0.1) is 5.10 Å². The lowest BCUT2D eigenvalue weighted by atomic mass is 10.2. The van der Waals surface area contributed by atoms with Gasteiger partial charge in [-0.05, 0) is 19.3 Å². The van der Waals surface area contributed by atoms with E-state index in [1.165, 1.54) is 19.3 Å². The van der Waals surface area contributed by atoms with E-state index >= 15 is 0 Å². The van der Waals surface area contributed by atoms with E-state index in [0.29, 0.717) is 0 Å². The Morgan fingerprint density at radius 3 is 2.44 bits per heavy atom. The van der Waals surface area contributed by atoms with Crippen LogP contribution < -0.4 is 0 Å². The molecule has 1 N–H and O–H groups in total. The van der Waals surface area contributed by atoms with Crippen LogP contribution in [0.4, 0.5) is 0 Å². The molecular formula is C6H11N3. The Hall–Kier alpha value is -0.820. The molecule has 1 aliphatic heterocycles. The first kappa shape index (κ1) is 6.30. The maximum atomic E-state index is 6.58. The summed E-state index contributed by atoms with van der Waals surface area (Å²) in [5.41, 5.74) is 0. The third kappa shape index (κ3) is 1.86. The van der Waals surface area contributed by atoms with Gasteiger partial charge in [-0.1, -0.05) is 0 Å². The van der Waals surface area contributed by atoms with Gasteiger partial charge < -0.3 is 0 Å². The molecule has 1 rings (SSSR count). The highest BCUT2D eigenvalue weighted by Gasteiger charge is 2.05. The summed E-state index contributed by atoms with van der Waals surface area (Å²) in [6, 6.07) is 2.04. The summed E-state index contributed by atoms with van der Waals surface area (Å²) < 4.78 is 0. The molecule has 0 aromatic heterocycles. The molecule has 0 aromatic rings. The number of nitrogens with zero attached hydrogens (tertiary/aromatic N) is 2. The number of piperidine rings is 1. The van der Waals surface area contributed by atoms with Crippen LogP contribution in [0.2, 0.25) is 0 Å². The van der Waals surface area contributed by atoms with Crippen molar-refractivity contribution >= 4 is 6.01 Å². The van der Waals surface area contributed by atoms with Crippen molar-refractivity contribution in [3.63, 3.8) is 0 Å². The van der Waals surface area contributed by atoms with Crippen LogP contribution in [0.25, 0.3) is 0 Å². The molecule has 1 saturated heterocycles. The highest BCUT2D eigenvalue weighted by molar-refractivity contribution is 5.35. The quantitative estimate of drug-likeness (QED) is 0.524. The molecule has 1 aliphatic rings. The van der Waals surface area contributed by atoms with Gasteiger partial charge in [0.05, 0.1) is 0 Å². The first-order valence-corrected chi connectivity index (χ1v) is 3.31. The van der Waals surface area contributed by atoms with Gasteiger partial charge in [0.1, 0.15) is 6.01 Å². The molecule has 0 radical (unpaired) electrons. The van der Waals surface area contributed by atoms with E-state index in [2.05, 4.69) is 5.10 Å². The Bertz CT molecular complexity index is 120. The monoisotopic (exact) mass is 125 g/mol. The second-order valence-electron chi connectivity index (χ2n) is 2.23. The number of hydrogen-bond acceptors (Lipinski definition) is 3. The number of rotatable bonds is 1. The summed E-state index contributed by atoms with van der Waals surface area (Å²) in [6.07, 6.45) is 3.74. The summed E-state index contributed by atoms with van der Waals surface area (Å²) in [4.78, 5) is 0. The number of hydrogen-bond donors (Lipinski definition) is 1. The summed E-state index contributed by atoms with van der Waals surface area (Å²) in [5, 5.41) is 12.2. The molecule has 1 fully saturated rings. The minimum absolute atomic E-state index is 1.01. The van der Waals surface area contributed by atoms with E-state index in [4.69, 9.17) is 5.41 Å². The summed E-state index contributed by atoms with van der Waals surface area (Å²) >= 11 is 0. The minimum atomic E-state index is 1.01. The van der Waals surface area contributed by atoms with Gasteiger partial charge in [-0.3, -0.25) is 5.01 Å². The standard InChI is InChI=1S/C6H11N3/c7-6-8-9-4-2-1-3-5-9/h7H,1-5H2. The Morgan fingerprint density at radius 2 is 1.89 bits per heavy atom. The SMILES string of the molecule is N=C=NN1CCCCC1. The lowest BCUT2D eigenvalue weighted by molar-refractivity contribution is 0.240. The molecule has 0 atom stereocenters. The van der Waals surface area contributed by atoms with E-state index in [1.807, 2.05) is 11.0 Å². The van der Waals surface area contributed by atoms with Crippen LogP contribution in [-0.2, 0) is 0 Å². The molecule has 0 spiro atoms. The van der Waals surface area contributed by atoms with Crippen molar-refractivity contribution in [1.29, 1.82) is 5.41 Å². The van der Waals surface area contributed by atoms with Gasteiger partial charge in [0.2, 0.25) is 0 Å². The number of hydrazone groups is 1. The summed E-state index contributed by atoms with van der Waals surface area (Å²) in [6.45, 7) is 2.01. The van der Waals surface area contributed by atoms with Gasteiger partial charge in [-0.2, -0.15) is 0 Å². The van der Waals surface area contributed by atoms with Crippen molar-refractivity contribution in [1.82, 2.24) is 5.01 Å². The summed E-state index contributed by atoms with van der Waals surface area (Å²) in [7, 11) is 0. The maximum Gasteiger partial charge on any atom is 0.111 e. The molecule has 3 nitrogen and oxygen atoms in total. The summed E-state index contributed by atoms with van der Waals surface area (Å²) in [5.74, 6) is 0. The largest absolute Gasteiger partial charge is 0.288 e. The van der Waals surface area contributed by atoms with Crippen molar-refractivity contribution in [2.24, 2.45) is 5.10 Å². The predicted molar refractivity (Wildman–Crippen MR) is 35.6 cm³/mol. The first-order valence-electron chi connectivity index (χ1n) is 3.31. The van der Waals surface area contributed by atoms with E-state index in [-0.39, 0.29) is 0 Å². The molecule has 1 heterocycles. The molecule has 50 valence electrons. The lowest BCUT2D eigenvalue weighted by Crippen LogP contribution is -2.23. The second kappa shape index (κ2) is 3.25. The molecular weight excluding hydrogens is 114 g/mol. The first-order chi connectivity index (χ1) is 4.43. The molecule has 3 heteroatoms. The lowest BCUT2D eigenvalue weighted by Gasteiger charge is -2.21.